The standard InChI is InChI=1S/C25H31N3O4S/c1-26-10-12-28(13-11-26)25(30)22-18-14-20(31-3)21(32-4)15-19(18)24(29)27(2)23(22)16-6-8-17(33-5)9-7-16/h6-9,14-15,22-23H,10-13H2,1-5H3. The second-order valence-corrected chi connectivity index (χ2v) is 9.41. The minimum atomic E-state index is -0.536. The fraction of sp³-hybridized carbons (Fsp3) is 0.440. The average Bonchev–Trinajstić information content (AvgIpc) is 2.85. The Morgan fingerprint density at radius 2 is 1.58 bits per heavy atom. The Labute approximate surface area is 199 Å². The van der Waals surface area contributed by atoms with E-state index in [9.17, 15) is 9.59 Å². The van der Waals surface area contributed by atoms with E-state index in [2.05, 4.69) is 11.9 Å². The Balaban J connectivity index is 1.86. The van der Waals surface area contributed by atoms with Crippen molar-refractivity contribution in [3.8, 4) is 11.5 Å². The number of piperazine rings is 1. The van der Waals surface area contributed by atoms with Crippen molar-refractivity contribution in [3.63, 3.8) is 0 Å². The quantitative estimate of drug-likeness (QED) is 0.627. The molecule has 2 aliphatic rings. The molecule has 0 aromatic heterocycles. The van der Waals surface area contributed by atoms with Crippen LogP contribution in [0.15, 0.2) is 41.3 Å². The van der Waals surface area contributed by atoms with Gasteiger partial charge in [-0.25, -0.2) is 0 Å². The van der Waals surface area contributed by atoms with E-state index in [0.717, 1.165) is 23.5 Å². The molecule has 0 aliphatic carbocycles. The van der Waals surface area contributed by atoms with E-state index in [-0.39, 0.29) is 11.8 Å². The van der Waals surface area contributed by atoms with Gasteiger partial charge in [-0.05, 0) is 48.7 Å². The summed E-state index contributed by atoms with van der Waals surface area (Å²) in [6.45, 7) is 3.01. The summed E-state index contributed by atoms with van der Waals surface area (Å²) in [6, 6.07) is 11.2. The monoisotopic (exact) mass is 469 g/mol. The van der Waals surface area contributed by atoms with Gasteiger partial charge in [0.2, 0.25) is 5.91 Å². The van der Waals surface area contributed by atoms with Crippen molar-refractivity contribution in [1.29, 1.82) is 0 Å². The zero-order chi connectivity index (χ0) is 23.7. The largest absolute Gasteiger partial charge is 0.493 e. The van der Waals surface area contributed by atoms with E-state index in [1.165, 1.54) is 0 Å². The molecule has 4 rings (SSSR count). The molecule has 2 unspecified atom stereocenters. The maximum absolute atomic E-state index is 14.0. The highest BCUT2D eigenvalue weighted by atomic mass is 32.2. The lowest BCUT2D eigenvalue weighted by atomic mass is 9.78. The van der Waals surface area contributed by atoms with Gasteiger partial charge < -0.3 is 24.2 Å². The number of ether oxygens (including phenoxy) is 2. The molecule has 33 heavy (non-hydrogen) atoms. The minimum Gasteiger partial charge on any atom is -0.493 e. The van der Waals surface area contributed by atoms with Crippen LogP contribution in [0.25, 0.3) is 0 Å². The predicted molar refractivity (Wildman–Crippen MR) is 129 cm³/mol. The van der Waals surface area contributed by atoms with Gasteiger partial charge in [0.25, 0.3) is 5.91 Å². The van der Waals surface area contributed by atoms with Crippen molar-refractivity contribution in [3.05, 3.63) is 53.1 Å². The molecule has 0 bridgehead atoms. The number of likely N-dealkylation sites (N-methyl/N-ethyl adjacent to an activating group) is 2. The van der Waals surface area contributed by atoms with Crippen LogP contribution in [0.2, 0.25) is 0 Å². The maximum Gasteiger partial charge on any atom is 0.254 e. The highest BCUT2D eigenvalue weighted by Crippen LogP contribution is 2.46. The van der Waals surface area contributed by atoms with Crippen molar-refractivity contribution >= 4 is 23.6 Å². The molecule has 2 heterocycles. The summed E-state index contributed by atoms with van der Waals surface area (Å²) in [5, 5.41) is 0. The van der Waals surface area contributed by atoms with Crippen LogP contribution < -0.4 is 9.47 Å². The Hall–Kier alpha value is -2.71. The first-order valence-electron chi connectivity index (χ1n) is 11.0. The molecule has 176 valence electrons. The van der Waals surface area contributed by atoms with Gasteiger partial charge in [0.15, 0.2) is 11.5 Å². The van der Waals surface area contributed by atoms with Gasteiger partial charge in [-0.2, -0.15) is 0 Å². The molecule has 2 amide bonds. The van der Waals surface area contributed by atoms with Crippen LogP contribution in [-0.2, 0) is 4.79 Å². The molecular formula is C25H31N3O4S. The second kappa shape index (κ2) is 9.65. The maximum atomic E-state index is 14.0. The molecule has 2 aromatic rings. The first kappa shape index (κ1) is 23.4. The number of carbonyl (C=O) groups excluding carboxylic acids is 2. The highest BCUT2D eigenvalue weighted by Gasteiger charge is 2.45. The van der Waals surface area contributed by atoms with E-state index in [4.69, 9.17) is 9.47 Å². The smallest absolute Gasteiger partial charge is 0.254 e. The number of nitrogens with zero attached hydrogens (tertiary/aromatic N) is 3. The molecule has 2 aromatic carbocycles. The Kier molecular flexibility index (Phi) is 6.86. The number of hydrogen-bond acceptors (Lipinski definition) is 6. The van der Waals surface area contributed by atoms with Crippen molar-refractivity contribution in [1.82, 2.24) is 14.7 Å². The Morgan fingerprint density at radius 3 is 2.15 bits per heavy atom. The third-order valence-corrected chi connectivity index (χ3v) is 7.46. The first-order chi connectivity index (χ1) is 15.9. The molecule has 1 saturated heterocycles. The number of amides is 2. The average molecular weight is 470 g/mol. The molecular weight excluding hydrogens is 438 g/mol. The second-order valence-electron chi connectivity index (χ2n) is 8.53. The molecule has 0 saturated carbocycles. The normalized spacial score (nSPS) is 21.1. The van der Waals surface area contributed by atoms with E-state index >= 15 is 0 Å². The molecule has 1 fully saturated rings. The summed E-state index contributed by atoms with van der Waals surface area (Å²) in [7, 11) is 6.96. The molecule has 0 N–H and O–H groups in total. The van der Waals surface area contributed by atoms with Crippen molar-refractivity contribution in [2.24, 2.45) is 0 Å². The zero-order valence-electron chi connectivity index (χ0n) is 19.8. The Bertz CT molecular complexity index is 1030. The van der Waals surface area contributed by atoms with Crippen LogP contribution in [0.1, 0.15) is 33.4 Å². The molecule has 8 heteroatoms. The molecule has 2 aliphatic heterocycles. The van der Waals surface area contributed by atoms with Crippen LogP contribution in [0.5, 0.6) is 11.5 Å². The number of thioether (sulfide) groups is 1. The van der Waals surface area contributed by atoms with Crippen LogP contribution >= 0.6 is 11.8 Å². The van der Waals surface area contributed by atoms with Gasteiger partial charge in [0.1, 0.15) is 0 Å². The lowest BCUT2D eigenvalue weighted by Gasteiger charge is -2.43. The van der Waals surface area contributed by atoms with E-state index in [1.54, 1.807) is 50.1 Å². The molecule has 0 radical (unpaired) electrons. The lowest BCUT2D eigenvalue weighted by molar-refractivity contribution is -0.136. The SMILES string of the molecule is COc1cc2c(cc1OC)C(C(=O)N1CCN(C)CC1)C(c1ccc(SC)cc1)N(C)C2=O. The van der Waals surface area contributed by atoms with Crippen LogP contribution in [0.3, 0.4) is 0 Å². The summed E-state index contributed by atoms with van der Waals surface area (Å²) in [6.07, 6.45) is 2.03. The summed E-state index contributed by atoms with van der Waals surface area (Å²) in [5.41, 5.74) is 2.12. The van der Waals surface area contributed by atoms with E-state index in [0.29, 0.717) is 35.7 Å². The van der Waals surface area contributed by atoms with Crippen LogP contribution in [-0.4, -0.2) is 87.3 Å². The summed E-state index contributed by atoms with van der Waals surface area (Å²) < 4.78 is 11.0. The van der Waals surface area contributed by atoms with Gasteiger partial charge in [-0.15, -0.1) is 11.8 Å². The summed E-state index contributed by atoms with van der Waals surface area (Å²) in [5.74, 6) is 0.362. The van der Waals surface area contributed by atoms with E-state index in [1.807, 2.05) is 35.4 Å². The fourth-order valence-corrected chi connectivity index (χ4v) is 5.16. The predicted octanol–water partition coefficient (Wildman–Crippen LogP) is 3.11. The number of hydrogen-bond donors (Lipinski definition) is 0. The fourth-order valence-electron chi connectivity index (χ4n) is 4.76. The molecule has 0 spiro atoms. The van der Waals surface area contributed by atoms with Crippen molar-refractivity contribution in [2.45, 2.75) is 16.9 Å². The molecule has 7 nitrogen and oxygen atoms in total. The summed E-state index contributed by atoms with van der Waals surface area (Å²) >= 11 is 1.66. The van der Waals surface area contributed by atoms with Gasteiger partial charge in [-0.1, -0.05) is 12.1 Å². The van der Waals surface area contributed by atoms with Crippen LogP contribution in [0.4, 0.5) is 0 Å². The number of carbonyl (C=O) groups is 2. The third kappa shape index (κ3) is 4.29. The number of rotatable bonds is 5. The topological polar surface area (TPSA) is 62.3 Å². The lowest BCUT2D eigenvalue weighted by Crippen LogP contribution is -2.52. The zero-order valence-corrected chi connectivity index (χ0v) is 20.6. The number of methoxy groups -OCH3 is 2. The number of benzene rings is 2. The number of fused-ring (bicyclic) bond motifs is 1. The van der Waals surface area contributed by atoms with Crippen molar-refractivity contribution in [2.75, 3.05) is 60.7 Å². The van der Waals surface area contributed by atoms with Gasteiger partial charge >= 0.3 is 0 Å². The van der Waals surface area contributed by atoms with Gasteiger partial charge in [0.05, 0.1) is 26.2 Å². The van der Waals surface area contributed by atoms with E-state index < -0.39 is 12.0 Å². The van der Waals surface area contributed by atoms with Gasteiger partial charge in [-0.3, -0.25) is 9.59 Å². The van der Waals surface area contributed by atoms with Crippen LogP contribution in [0, 0.1) is 0 Å². The van der Waals surface area contributed by atoms with Crippen molar-refractivity contribution < 1.29 is 19.1 Å². The van der Waals surface area contributed by atoms with Gasteiger partial charge in [0, 0.05) is 43.7 Å². The highest BCUT2D eigenvalue weighted by molar-refractivity contribution is 7.98. The summed E-state index contributed by atoms with van der Waals surface area (Å²) in [4.78, 5) is 34.5. The first-order valence-corrected chi connectivity index (χ1v) is 12.3. The third-order valence-electron chi connectivity index (χ3n) is 6.71. The molecule has 2 atom stereocenters. The Morgan fingerprint density at radius 1 is 0.970 bits per heavy atom. The minimum absolute atomic E-state index is 0.0369.